The van der Waals surface area contributed by atoms with Crippen LogP contribution in [0.1, 0.15) is 18.4 Å². The van der Waals surface area contributed by atoms with Gasteiger partial charge in [-0.2, -0.15) is 0 Å². The lowest BCUT2D eigenvalue weighted by Crippen LogP contribution is -2.43. The molecule has 1 atom stereocenters. The first-order valence-electron chi connectivity index (χ1n) is 7.57. The minimum atomic E-state index is 0. The standard InChI is InChI=1S/C17H26N2O2.ClH/c1-4-10-21-16-8-7-14(11-17(16)20-3)12-19-9-5-6-15(13-19)18-2;/h4,7-8,11,15,18H,1,5-6,9-10,12-13H2,2-3H3;1H. The quantitative estimate of drug-likeness (QED) is 0.781. The van der Waals surface area contributed by atoms with Gasteiger partial charge in [-0.25, -0.2) is 0 Å². The third kappa shape index (κ3) is 5.20. The SMILES string of the molecule is C=CCOc1ccc(CN2CCCC(NC)C2)cc1OC.Cl. The average Bonchev–Trinajstić information content (AvgIpc) is 2.53. The number of hydrogen-bond donors (Lipinski definition) is 1. The molecular formula is C17H27ClN2O2. The Morgan fingerprint density at radius 2 is 2.23 bits per heavy atom. The van der Waals surface area contributed by atoms with Gasteiger partial charge in [0.15, 0.2) is 11.5 Å². The van der Waals surface area contributed by atoms with Crippen LogP contribution in [0.2, 0.25) is 0 Å². The third-order valence-corrected chi connectivity index (χ3v) is 3.90. The number of rotatable bonds is 7. The van der Waals surface area contributed by atoms with E-state index < -0.39 is 0 Å². The lowest BCUT2D eigenvalue weighted by molar-refractivity contribution is 0.187. The number of likely N-dealkylation sites (N-methyl/N-ethyl adjacent to an activating group) is 1. The Hall–Kier alpha value is -1.23. The van der Waals surface area contributed by atoms with Gasteiger partial charge < -0.3 is 14.8 Å². The molecule has 5 heteroatoms. The molecule has 0 radical (unpaired) electrons. The van der Waals surface area contributed by atoms with E-state index in [1.165, 1.54) is 18.4 Å². The Kier molecular flexibility index (Phi) is 8.31. The molecule has 0 aromatic heterocycles. The Bertz CT molecular complexity index is 468. The first-order valence-corrected chi connectivity index (χ1v) is 7.57. The van der Waals surface area contributed by atoms with E-state index in [2.05, 4.69) is 28.9 Å². The van der Waals surface area contributed by atoms with Gasteiger partial charge in [0, 0.05) is 19.1 Å². The van der Waals surface area contributed by atoms with Gasteiger partial charge >= 0.3 is 0 Å². The normalized spacial score (nSPS) is 18.4. The molecule has 0 bridgehead atoms. The zero-order valence-electron chi connectivity index (χ0n) is 13.5. The van der Waals surface area contributed by atoms with Crippen molar-refractivity contribution in [3.8, 4) is 11.5 Å². The highest BCUT2D eigenvalue weighted by molar-refractivity contribution is 5.85. The molecule has 1 aliphatic heterocycles. The van der Waals surface area contributed by atoms with Crippen molar-refractivity contribution < 1.29 is 9.47 Å². The first kappa shape index (κ1) is 18.8. The van der Waals surface area contributed by atoms with Gasteiger partial charge in [0.1, 0.15) is 6.61 Å². The summed E-state index contributed by atoms with van der Waals surface area (Å²) in [5, 5.41) is 3.38. The Labute approximate surface area is 139 Å². The van der Waals surface area contributed by atoms with Crippen LogP contribution >= 0.6 is 12.4 Å². The summed E-state index contributed by atoms with van der Waals surface area (Å²) in [6.45, 7) is 7.38. The molecule has 1 aromatic carbocycles. The molecule has 1 saturated heterocycles. The minimum Gasteiger partial charge on any atom is -0.493 e. The van der Waals surface area contributed by atoms with Gasteiger partial charge in [-0.1, -0.05) is 18.7 Å². The fourth-order valence-corrected chi connectivity index (χ4v) is 2.77. The number of methoxy groups -OCH3 is 1. The lowest BCUT2D eigenvalue weighted by Gasteiger charge is -2.32. The minimum absolute atomic E-state index is 0. The molecule has 1 aromatic rings. The number of nitrogens with zero attached hydrogens (tertiary/aromatic N) is 1. The molecule has 1 fully saturated rings. The van der Waals surface area contributed by atoms with Gasteiger partial charge in [0.05, 0.1) is 7.11 Å². The summed E-state index contributed by atoms with van der Waals surface area (Å²) < 4.78 is 11.0. The molecule has 124 valence electrons. The molecular weight excluding hydrogens is 300 g/mol. The summed E-state index contributed by atoms with van der Waals surface area (Å²) >= 11 is 0. The number of hydrogen-bond acceptors (Lipinski definition) is 4. The summed E-state index contributed by atoms with van der Waals surface area (Å²) in [6, 6.07) is 6.78. The summed E-state index contributed by atoms with van der Waals surface area (Å²) in [5.41, 5.74) is 1.26. The van der Waals surface area contributed by atoms with Crippen molar-refractivity contribution in [3.05, 3.63) is 36.4 Å². The highest BCUT2D eigenvalue weighted by Crippen LogP contribution is 2.29. The molecule has 1 N–H and O–H groups in total. The Morgan fingerprint density at radius 3 is 2.91 bits per heavy atom. The molecule has 2 rings (SSSR count). The molecule has 1 heterocycles. The van der Waals surface area contributed by atoms with Crippen LogP contribution in [0.15, 0.2) is 30.9 Å². The Balaban J connectivity index is 0.00000242. The van der Waals surface area contributed by atoms with Crippen molar-refractivity contribution >= 4 is 12.4 Å². The van der Waals surface area contributed by atoms with Crippen molar-refractivity contribution in [2.75, 3.05) is 33.9 Å². The second-order valence-corrected chi connectivity index (χ2v) is 5.45. The van der Waals surface area contributed by atoms with Gasteiger partial charge in [0.2, 0.25) is 0 Å². The summed E-state index contributed by atoms with van der Waals surface area (Å²) in [4.78, 5) is 2.49. The first-order chi connectivity index (χ1) is 10.3. The van der Waals surface area contributed by atoms with E-state index in [4.69, 9.17) is 9.47 Å². The van der Waals surface area contributed by atoms with Gasteiger partial charge in [-0.05, 0) is 44.1 Å². The zero-order valence-corrected chi connectivity index (χ0v) is 14.3. The predicted molar refractivity (Wildman–Crippen MR) is 93.3 cm³/mol. The monoisotopic (exact) mass is 326 g/mol. The largest absolute Gasteiger partial charge is 0.493 e. The summed E-state index contributed by atoms with van der Waals surface area (Å²) in [5.74, 6) is 1.56. The molecule has 0 spiro atoms. The van der Waals surface area contributed by atoms with Crippen LogP contribution in [0.3, 0.4) is 0 Å². The fourth-order valence-electron chi connectivity index (χ4n) is 2.77. The molecule has 1 aliphatic rings. The average molecular weight is 327 g/mol. The number of benzene rings is 1. The highest BCUT2D eigenvalue weighted by Gasteiger charge is 2.18. The molecule has 1 unspecified atom stereocenters. The predicted octanol–water partition coefficient (Wildman–Crippen LogP) is 2.87. The molecule has 0 aliphatic carbocycles. The maximum absolute atomic E-state index is 5.59. The van der Waals surface area contributed by atoms with Gasteiger partial charge in [-0.3, -0.25) is 4.90 Å². The van der Waals surface area contributed by atoms with Crippen LogP contribution in [0.4, 0.5) is 0 Å². The van der Waals surface area contributed by atoms with Crippen molar-refractivity contribution in [3.63, 3.8) is 0 Å². The van der Waals surface area contributed by atoms with E-state index >= 15 is 0 Å². The number of halogens is 1. The number of piperidine rings is 1. The fraction of sp³-hybridized carbons (Fsp3) is 0.529. The smallest absolute Gasteiger partial charge is 0.161 e. The third-order valence-electron chi connectivity index (χ3n) is 3.90. The molecule has 22 heavy (non-hydrogen) atoms. The summed E-state index contributed by atoms with van der Waals surface area (Å²) in [7, 11) is 3.72. The maximum atomic E-state index is 5.59. The maximum Gasteiger partial charge on any atom is 0.161 e. The van der Waals surface area contributed by atoms with Crippen molar-refractivity contribution in [1.29, 1.82) is 0 Å². The number of likely N-dealkylation sites (tertiary alicyclic amines) is 1. The van der Waals surface area contributed by atoms with Crippen molar-refractivity contribution in [1.82, 2.24) is 10.2 Å². The highest BCUT2D eigenvalue weighted by atomic mass is 35.5. The topological polar surface area (TPSA) is 33.7 Å². The molecule has 4 nitrogen and oxygen atoms in total. The van der Waals surface area contributed by atoms with E-state index in [0.29, 0.717) is 12.6 Å². The second-order valence-electron chi connectivity index (χ2n) is 5.45. The van der Waals surface area contributed by atoms with E-state index in [-0.39, 0.29) is 12.4 Å². The molecule has 0 saturated carbocycles. The summed E-state index contributed by atoms with van der Waals surface area (Å²) in [6.07, 6.45) is 4.26. The van der Waals surface area contributed by atoms with Crippen molar-refractivity contribution in [2.45, 2.75) is 25.4 Å². The zero-order chi connectivity index (χ0) is 15.1. The number of ether oxygens (including phenoxy) is 2. The van der Waals surface area contributed by atoms with Crippen LogP contribution in [-0.2, 0) is 6.54 Å². The lowest BCUT2D eigenvalue weighted by atomic mass is 10.0. The van der Waals surface area contributed by atoms with Crippen LogP contribution in [0, 0.1) is 0 Å². The van der Waals surface area contributed by atoms with Crippen molar-refractivity contribution in [2.24, 2.45) is 0 Å². The van der Waals surface area contributed by atoms with Crippen LogP contribution in [0.25, 0.3) is 0 Å². The van der Waals surface area contributed by atoms with Gasteiger partial charge in [-0.15, -0.1) is 12.4 Å². The van der Waals surface area contributed by atoms with E-state index in [9.17, 15) is 0 Å². The number of nitrogens with one attached hydrogen (secondary N) is 1. The molecule has 0 amide bonds. The second kappa shape index (κ2) is 9.72. The van der Waals surface area contributed by atoms with Crippen LogP contribution in [-0.4, -0.2) is 44.8 Å². The van der Waals surface area contributed by atoms with E-state index in [1.807, 2.05) is 13.1 Å². The van der Waals surface area contributed by atoms with E-state index in [0.717, 1.165) is 31.1 Å². The van der Waals surface area contributed by atoms with Crippen LogP contribution in [0.5, 0.6) is 11.5 Å². The Morgan fingerprint density at radius 1 is 1.41 bits per heavy atom. The van der Waals surface area contributed by atoms with Gasteiger partial charge in [0.25, 0.3) is 0 Å². The van der Waals surface area contributed by atoms with E-state index in [1.54, 1.807) is 13.2 Å². The van der Waals surface area contributed by atoms with Crippen LogP contribution < -0.4 is 14.8 Å².